The molecule has 0 unspecified atom stereocenters. The molecule has 0 spiro atoms. The van der Waals surface area contributed by atoms with Crippen LogP contribution in [0.5, 0.6) is 5.75 Å². The molecule has 0 bridgehead atoms. The first-order chi connectivity index (χ1) is 15.2. The Labute approximate surface area is 184 Å². The second kappa shape index (κ2) is 10.8. The molecule has 0 atom stereocenters. The van der Waals surface area contributed by atoms with Gasteiger partial charge in [0.1, 0.15) is 12.4 Å². The average molecular weight is 414 g/mol. The van der Waals surface area contributed by atoms with E-state index in [0.29, 0.717) is 31.1 Å². The second-order valence-electron chi connectivity index (χ2n) is 6.79. The van der Waals surface area contributed by atoms with Crippen LogP contribution in [0.3, 0.4) is 0 Å². The van der Waals surface area contributed by atoms with E-state index >= 15 is 0 Å². The van der Waals surface area contributed by atoms with E-state index in [0.717, 1.165) is 22.5 Å². The van der Waals surface area contributed by atoms with Gasteiger partial charge in [-0.3, -0.25) is 0 Å². The lowest BCUT2D eigenvalue weighted by Gasteiger charge is -2.27. The Balaban J connectivity index is 2.25. The maximum absolute atomic E-state index is 12.9. The van der Waals surface area contributed by atoms with Crippen LogP contribution in [-0.4, -0.2) is 25.7 Å². The Kier molecular flexibility index (Phi) is 7.66. The molecule has 4 nitrogen and oxygen atoms in total. The minimum Gasteiger partial charge on any atom is -0.487 e. The smallest absolute Gasteiger partial charge is 0.338 e. The zero-order valence-electron chi connectivity index (χ0n) is 17.8. The van der Waals surface area contributed by atoms with E-state index in [-0.39, 0.29) is 5.97 Å². The molecule has 0 amide bonds. The van der Waals surface area contributed by atoms with Gasteiger partial charge in [0, 0.05) is 12.2 Å². The van der Waals surface area contributed by atoms with Crippen molar-refractivity contribution in [1.82, 2.24) is 0 Å². The highest BCUT2D eigenvalue weighted by atomic mass is 16.5. The number of benzene rings is 3. The summed E-state index contributed by atoms with van der Waals surface area (Å²) in [4.78, 5) is 15.0. The van der Waals surface area contributed by atoms with Crippen molar-refractivity contribution < 1.29 is 14.3 Å². The fourth-order valence-corrected chi connectivity index (χ4v) is 3.36. The first-order valence-corrected chi connectivity index (χ1v) is 10.3. The maximum atomic E-state index is 12.9. The van der Waals surface area contributed by atoms with Gasteiger partial charge in [0.2, 0.25) is 0 Å². The zero-order valence-corrected chi connectivity index (χ0v) is 17.8. The summed E-state index contributed by atoms with van der Waals surface area (Å²) in [6, 6.07) is 23.4. The predicted octanol–water partition coefficient (Wildman–Crippen LogP) is 6.42. The van der Waals surface area contributed by atoms with Crippen LogP contribution >= 0.6 is 0 Å². The van der Waals surface area contributed by atoms with E-state index in [1.165, 1.54) is 0 Å². The number of nitrogens with zero attached hydrogens (tertiary/aromatic N) is 1. The minimum absolute atomic E-state index is 0.298. The normalized spacial score (nSPS) is 10.2. The van der Waals surface area contributed by atoms with Crippen molar-refractivity contribution in [3.8, 4) is 16.9 Å². The molecule has 0 aliphatic heterocycles. The topological polar surface area (TPSA) is 38.8 Å². The molecule has 0 radical (unpaired) electrons. The summed E-state index contributed by atoms with van der Waals surface area (Å²) in [5, 5.41) is 0. The van der Waals surface area contributed by atoms with Crippen LogP contribution in [0.4, 0.5) is 11.4 Å². The van der Waals surface area contributed by atoms with Crippen molar-refractivity contribution in [2.45, 2.75) is 6.92 Å². The third-order valence-corrected chi connectivity index (χ3v) is 4.71. The van der Waals surface area contributed by atoms with Crippen LogP contribution in [0.25, 0.3) is 11.1 Å². The largest absolute Gasteiger partial charge is 0.487 e. The van der Waals surface area contributed by atoms with Gasteiger partial charge in [0.05, 0.1) is 17.9 Å². The van der Waals surface area contributed by atoms with Gasteiger partial charge in [-0.25, -0.2) is 4.79 Å². The van der Waals surface area contributed by atoms with Crippen LogP contribution in [0.2, 0.25) is 0 Å². The SMILES string of the molecule is C=CCOc1cc(-c2ccccc2)c(C(=O)OCC)cc1N(CC=C)c1ccccc1. The molecule has 0 saturated carbocycles. The fraction of sp³-hybridized carbons (Fsp3) is 0.148. The number of carbonyl (C=O) groups is 1. The van der Waals surface area contributed by atoms with Crippen LogP contribution in [0, 0.1) is 0 Å². The molecule has 31 heavy (non-hydrogen) atoms. The first-order valence-electron chi connectivity index (χ1n) is 10.3. The van der Waals surface area contributed by atoms with Crippen molar-refractivity contribution in [1.29, 1.82) is 0 Å². The number of anilines is 2. The summed E-state index contributed by atoms with van der Waals surface area (Å²) in [7, 11) is 0. The molecule has 4 heteroatoms. The molecule has 158 valence electrons. The highest BCUT2D eigenvalue weighted by Crippen LogP contribution is 2.40. The minimum atomic E-state index is -0.371. The number of hydrogen-bond acceptors (Lipinski definition) is 4. The summed E-state index contributed by atoms with van der Waals surface area (Å²) in [6.45, 7) is 10.7. The predicted molar refractivity (Wildman–Crippen MR) is 127 cm³/mol. The Bertz CT molecular complexity index is 1030. The molecule has 0 heterocycles. The van der Waals surface area contributed by atoms with E-state index < -0.39 is 0 Å². The summed E-state index contributed by atoms with van der Waals surface area (Å²) in [5.41, 5.74) is 3.88. The third kappa shape index (κ3) is 5.23. The lowest BCUT2D eigenvalue weighted by Crippen LogP contribution is -2.19. The standard InChI is InChI=1S/C27H27NO3/c1-4-17-28(22-15-11-8-12-16-22)25-19-24(27(29)30-6-3)23(20-26(25)31-18-5-2)21-13-9-7-10-14-21/h4-5,7-16,19-20H,1-2,6,17-18H2,3H3. The summed E-state index contributed by atoms with van der Waals surface area (Å²) in [6.07, 6.45) is 3.52. The van der Waals surface area contributed by atoms with Gasteiger partial charge in [0.15, 0.2) is 0 Å². The third-order valence-electron chi connectivity index (χ3n) is 4.71. The number of rotatable bonds is 10. The molecular weight excluding hydrogens is 386 g/mol. The first kappa shape index (κ1) is 21.9. The Morgan fingerprint density at radius 2 is 1.65 bits per heavy atom. The number of ether oxygens (including phenoxy) is 2. The van der Waals surface area contributed by atoms with E-state index in [9.17, 15) is 4.79 Å². The van der Waals surface area contributed by atoms with Crippen molar-refractivity contribution in [3.63, 3.8) is 0 Å². The van der Waals surface area contributed by atoms with E-state index in [1.54, 1.807) is 13.0 Å². The molecule has 3 aromatic carbocycles. The van der Waals surface area contributed by atoms with Gasteiger partial charge in [-0.1, -0.05) is 67.3 Å². The Morgan fingerprint density at radius 3 is 2.26 bits per heavy atom. The maximum Gasteiger partial charge on any atom is 0.338 e. The molecule has 0 aliphatic carbocycles. The Hall–Kier alpha value is -3.79. The molecule has 3 rings (SSSR count). The number of esters is 1. The van der Waals surface area contributed by atoms with Gasteiger partial charge >= 0.3 is 5.97 Å². The quantitative estimate of drug-likeness (QED) is 0.284. The highest BCUT2D eigenvalue weighted by Gasteiger charge is 2.22. The van der Waals surface area contributed by atoms with Crippen molar-refractivity contribution in [2.24, 2.45) is 0 Å². The molecule has 0 aromatic heterocycles. The fourth-order valence-electron chi connectivity index (χ4n) is 3.36. The van der Waals surface area contributed by atoms with Crippen LogP contribution in [0.1, 0.15) is 17.3 Å². The van der Waals surface area contributed by atoms with Gasteiger partial charge in [-0.15, -0.1) is 6.58 Å². The molecular formula is C27H27NO3. The molecule has 3 aromatic rings. The van der Waals surface area contributed by atoms with Crippen molar-refractivity contribution in [2.75, 3.05) is 24.7 Å². The second-order valence-corrected chi connectivity index (χ2v) is 6.79. The van der Waals surface area contributed by atoms with E-state index in [4.69, 9.17) is 9.47 Å². The van der Waals surface area contributed by atoms with E-state index in [1.807, 2.05) is 78.9 Å². The molecule has 0 aliphatic rings. The van der Waals surface area contributed by atoms with Gasteiger partial charge < -0.3 is 14.4 Å². The van der Waals surface area contributed by atoms with Crippen LogP contribution < -0.4 is 9.64 Å². The summed E-state index contributed by atoms with van der Waals surface area (Å²) in [5.74, 6) is 0.280. The van der Waals surface area contributed by atoms with Gasteiger partial charge in [0.25, 0.3) is 0 Å². The van der Waals surface area contributed by atoms with Gasteiger partial charge in [-0.05, 0) is 42.3 Å². The van der Waals surface area contributed by atoms with Crippen molar-refractivity contribution >= 4 is 17.3 Å². The number of para-hydroxylation sites is 1. The van der Waals surface area contributed by atoms with Crippen molar-refractivity contribution in [3.05, 3.63) is 104 Å². The zero-order chi connectivity index (χ0) is 22.1. The monoisotopic (exact) mass is 413 g/mol. The Morgan fingerprint density at radius 1 is 0.968 bits per heavy atom. The molecule has 0 fully saturated rings. The lowest BCUT2D eigenvalue weighted by molar-refractivity contribution is 0.0527. The molecule has 0 N–H and O–H groups in total. The molecule has 0 saturated heterocycles. The van der Waals surface area contributed by atoms with Crippen LogP contribution in [0.15, 0.2) is 98.1 Å². The number of hydrogen-bond donors (Lipinski definition) is 0. The average Bonchev–Trinajstić information content (AvgIpc) is 2.82. The lowest BCUT2D eigenvalue weighted by atomic mass is 9.97. The van der Waals surface area contributed by atoms with Crippen LogP contribution in [-0.2, 0) is 4.74 Å². The summed E-state index contributed by atoms with van der Waals surface area (Å²) < 4.78 is 11.4. The van der Waals surface area contributed by atoms with E-state index in [2.05, 4.69) is 18.1 Å². The number of carbonyl (C=O) groups excluding carboxylic acids is 1. The highest BCUT2D eigenvalue weighted by molar-refractivity contribution is 6.00. The van der Waals surface area contributed by atoms with Gasteiger partial charge in [-0.2, -0.15) is 0 Å². The summed E-state index contributed by atoms with van der Waals surface area (Å²) >= 11 is 0.